The maximum absolute atomic E-state index is 12.9. The number of ether oxygens (including phenoxy) is 2. The third-order valence-corrected chi connectivity index (χ3v) is 7.70. The quantitative estimate of drug-likeness (QED) is 0.211. The second-order valence-corrected chi connectivity index (χ2v) is 10.2. The van der Waals surface area contributed by atoms with Crippen LogP contribution in [-0.4, -0.2) is 68.1 Å². The van der Waals surface area contributed by atoms with Crippen LogP contribution in [0.25, 0.3) is 0 Å². The molecule has 4 rings (SSSR count). The first-order valence-electron chi connectivity index (χ1n) is 11.4. The monoisotopic (exact) mass is 569 g/mol. The summed E-state index contributed by atoms with van der Waals surface area (Å²) in [7, 11) is 0. The number of esters is 1. The number of hydrogen-bond acceptors (Lipinski definition) is 9. The van der Waals surface area contributed by atoms with Gasteiger partial charge >= 0.3 is 12.1 Å². The van der Waals surface area contributed by atoms with E-state index in [1.54, 1.807) is 0 Å². The number of carbonyl (C=O) groups excluding carboxylic acids is 3. The first kappa shape index (κ1) is 28.2. The van der Waals surface area contributed by atoms with Gasteiger partial charge in [-0.15, -0.1) is 11.8 Å². The average Bonchev–Trinajstić information content (AvgIpc) is 2.88. The van der Waals surface area contributed by atoms with Crippen molar-refractivity contribution in [1.29, 1.82) is 0 Å². The molecule has 2 aromatic carbocycles. The number of carbonyl (C=O) groups is 3. The number of nitrogens with zero attached hydrogens (tertiary/aromatic N) is 2. The molecule has 2 aliphatic rings. The molecular weight excluding hydrogens is 547 g/mol. The fourth-order valence-corrected chi connectivity index (χ4v) is 5.55. The number of alkyl halides is 3. The van der Waals surface area contributed by atoms with E-state index >= 15 is 0 Å². The van der Waals surface area contributed by atoms with Crippen molar-refractivity contribution in [3.05, 3.63) is 69.8 Å². The number of benzene rings is 2. The topological polar surface area (TPSA) is 148 Å². The summed E-state index contributed by atoms with van der Waals surface area (Å²) in [6.45, 7) is 0.570. The number of aliphatic hydroxyl groups is 1. The molecule has 2 amide bonds. The number of rotatable bonds is 8. The molecule has 2 heterocycles. The van der Waals surface area contributed by atoms with Crippen molar-refractivity contribution in [3.63, 3.8) is 0 Å². The van der Waals surface area contributed by atoms with E-state index in [0.717, 1.165) is 40.9 Å². The summed E-state index contributed by atoms with van der Waals surface area (Å²) in [5.74, 6) is -2.14. The third kappa shape index (κ3) is 6.09. The maximum atomic E-state index is 12.9. The lowest BCUT2D eigenvalue weighted by Gasteiger charge is -2.56. The van der Waals surface area contributed by atoms with Gasteiger partial charge in [-0.3, -0.25) is 19.7 Å². The second-order valence-electron chi connectivity index (χ2n) is 9.09. The standard InChI is InChI=1S/C24H22F3N3O8S/c1-23(34)12-39-21-18(28-17(31)11-37-16-8-4-14(5-9-16)24(25,26)27)20(32)29(21)19(23)22(33)38-10-13-2-6-15(7-3-13)30(35)36/h2-9,18-19,21,34H,10-12H2,1H3,(H,28,31)/t18?,19?,21-,23?/m0/s1. The Hall–Kier alpha value is -3.85. The number of thioether (sulfide) groups is 1. The molecule has 208 valence electrons. The number of hydrogen-bond donors (Lipinski definition) is 2. The normalized spacial score (nSPS) is 24.3. The van der Waals surface area contributed by atoms with Crippen molar-refractivity contribution in [2.45, 2.75) is 42.8 Å². The Morgan fingerprint density at radius 3 is 2.44 bits per heavy atom. The summed E-state index contributed by atoms with van der Waals surface area (Å²) in [4.78, 5) is 49.5. The Morgan fingerprint density at radius 1 is 1.21 bits per heavy atom. The van der Waals surface area contributed by atoms with Gasteiger partial charge in [0.15, 0.2) is 12.6 Å². The van der Waals surface area contributed by atoms with Crippen LogP contribution in [0.4, 0.5) is 18.9 Å². The van der Waals surface area contributed by atoms with Crippen molar-refractivity contribution in [1.82, 2.24) is 10.2 Å². The van der Waals surface area contributed by atoms with E-state index in [1.165, 1.54) is 31.2 Å². The molecule has 2 aliphatic heterocycles. The van der Waals surface area contributed by atoms with Crippen LogP contribution in [-0.2, 0) is 31.9 Å². The third-order valence-electron chi connectivity index (χ3n) is 6.11. The Kier molecular flexibility index (Phi) is 7.75. The summed E-state index contributed by atoms with van der Waals surface area (Å²) in [5.41, 5.74) is -2.18. The molecule has 4 atom stereocenters. The molecule has 0 bridgehead atoms. The number of nitrogens with one attached hydrogen (secondary N) is 1. The second kappa shape index (κ2) is 10.7. The molecule has 11 nitrogen and oxygen atoms in total. The van der Waals surface area contributed by atoms with Gasteiger partial charge in [-0.1, -0.05) is 0 Å². The largest absolute Gasteiger partial charge is 0.484 e. The molecule has 3 unspecified atom stereocenters. The first-order chi connectivity index (χ1) is 18.3. The highest BCUT2D eigenvalue weighted by atomic mass is 32.2. The minimum absolute atomic E-state index is 0.0265. The molecule has 0 radical (unpaired) electrons. The van der Waals surface area contributed by atoms with Gasteiger partial charge in [-0.05, 0) is 48.9 Å². The van der Waals surface area contributed by atoms with Crippen molar-refractivity contribution in [3.8, 4) is 5.75 Å². The lowest BCUT2D eigenvalue weighted by molar-refractivity contribution is -0.384. The van der Waals surface area contributed by atoms with Gasteiger partial charge in [0.1, 0.15) is 29.4 Å². The molecule has 2 aromatic rings. The zero-order valence-electron chi connectivity index (χ0n) is 20.2. The van der Waals surface area contributed by atoms with Crippen LogP contribution in [0.15, 0.2) is 48.5 Å². The molecule has 0 aromatic heterocycles. The molecule has 2 fully saturated rings. The summed E-state index contributed by atoms with van der Waals surface area (Å²) >= 11 is 1.15. The highest BCUT2D eigenvalue weighted by Gasteiger charge is 2.61. The van der Waals surface area contributed by atoms with Gasteiger partial charge in [0.25, 0.3) is 11.6 Å². The van der Waals surface area contributed by atoms with Gasteiger partial charge in [-0.25, -0.2) is 4.79 Å². The number of non-ortho nitro benzene ring substituents is 1. The number of halogens is 3. The van der Waals surface area contributed by atoms with Crippen LogP contribution < -0.4 is 10.1 Å². The van der Waals surface area contributed by atoms with E-state index in [4.69, 9.17) is 9.47 Å². The van der Waals surface area contributed by atoms with Crippen LogP contribution in [0.2, 0.25) is 0 Å². The lowest BCUT2D eigenvalue weighted by Crippen LogP contribution is -2.79. The lowest BCUT2D eigenvalue weighted by atomic mass is 9.91. The summed E-state index contributed by atoms with van der Waals surface area (Å²) in [6, 6.07) is 6.71. The van der Waals surface area contributed by atoms with E-state index in [0.29, 0.717) is 5.56 Å². The minimum Gasteiger partial charge on any atom is -0.484 e. The van der Waals surface area contributed by atoms with E-state index < -0.39 is 64.1 Å². The number of amides is 2. The first-order valence-corrected chi connectivity index (χ1v) is 12.5. The molecule has 2 saturated heterocycles. The van der Waals surface area contributed by atoms with Crippen LogP contribution in [0.5, 0.6) is 5.75 Å². The zero-order chi connectivity index (χ0) is 28.5. The van der Waals surface area contributed by atoms with Crippen molar-refractivity contribution in [2.24, 2.45) is 0 Å². The summed E-state index contributed by atoms with van der Waals surface area (Å²) in [5, 5.41) is 23.4. The van der Waals surface area contributed by atoms with Gasteiger partial charge in [-0.2, -0.15) is 13.2 Å². The summed E-state index contributed by atoms with van der Waals surface area (Å²) in [6.07, 6.45) is -4.51. The molecule has 39 heavy (non-hydrogen) atoms. The molecule has 15 heteroatoms. The van der Waals surface area contributed by atoms with Crippen molar-refractivity contribution >= 4 is 35.2 Å². The van der Waals surface area contributed by atoms with Crippen LogP contribution in [0.1, 0.15) is 18.1 Å². The molecular formula is C24H22F3N3O8S. The number of fused-ring (bicyclic) bond motifs is 1. The minimum atomic E-state index is -4.51. The molecule has 0 spiro atoms. The van der Waals surface area contributed by atoms with Crippen LogP contribution >= 0.6 is 11.8 Å². The zero-order valence-corrected chi connectivity index (χ0v) is 21.0. The SMILES string of the molecule is CC1(O)CS[C@H]2C(NC(=O)COc3ccc(C(F)(F)F)cc3)C(=O)N2C1C(=O)OCc1ccc([N+](=O)[O-])cc1. The number of nitro benzene ring substituents is 1. The number of nitro groups is 1. The summed E-state index contributed by atoms with van der Waals surface area (Å²) < 4.78 is 48.5. The fraction of sp³-hybridized carbons (Fsp3) is 0.375. The smallest absolute Gasteiger partial charge is 0.416 e. The Labute approximate surface area is 223 Å². The van der Waals surface area contributed by atoms with E-state index in [1.807, 2.05) is 0 Å². The highest BCUT2D eigenvalue weighted by Crippen LogP contribution is 2.42. The Bertz CT molecular complexity index is 1270. The maximum Gasteiger partial charge on any atom is 0.416 e. The molecule has 2 N–H and O–H groups in total. The predicted octanol–water partition coefficient (Wildman–Crippen LogP) is 2.26. The van der Waals surface area contributed by atoms with Gasteiger partial charge < -0.3 is 24.8 Å². The van der Waals surface area contributed by atoms with Crippen LogP contribution in [0.3, 0.4) is 0 Å². The van der Waals surface area contributed by atoms with Gasteiger partial charge in [0, 0.05) is 17.9 Å². The fourth-order valence-electron chi connectivity index (χ4n) is 4.12. The van der Waals surface area contributed by atoms with E-state index in [2.05, 4.69) is 5.32 Å². The Balaban J connectivity index is 1.33. The Morgan fingerprint density at radius 2 is 1.85 bits per heavy atom. The molecule has 0 saturated carbocycles. The predicted molar refractivity (Wildman–Crippen MR) is 129 cm³/mol. The van der Waals surface area contributed by atoms with Crippen molar-refractivity contribution in [2.75, 3.05) is 12.4 Å². The number of β-lactam (4-membered cyclic amide) rings is 1. The van der Waals surface area contributed by atoms with E-state index in [9.17, 15) is 42.8 Å². The van der Waals surface area contributed by atoms with Crippen molar-refractivity contribution < 1.29 is 47.1 Å². The van der Waals surface area contributed by atoms with Gasteiger partial charge in [0.2, 0.25) is 5.91 Å². The van der Waals surface area contributed by atoms with Crippen LogP contribution in [0, 0.1) is 10.1 Å². The molecule has 0 aliphatic carbocycles. The highest BCUT2D eigenvalue weighted by molar-refractivity contribution is 8.00. The average molecular weight is 570 g/mol. The van der Waals surface area contributed by atoms with Gasteiger partial charge in [0.05, 0.1) is 10.5 Å². The van der Waals surface area contributed by atoms with E-state index in [-0.39, 0.29) is 23.8 Å².